The number of rotatable bonds is 5. The van der Waals surface area contributed by atoms with Crippen LogP contribution in [0.4, 0.5) is 0 Å². The first-order valence-electron chi connectivity index (χ1n) is 7.24. The van der Waals surface area contributed by atoms with E-state index in [0.717, 1.165) is 37.0 Å². The molecule has 2 rings (SSSR count). The molecule has 0 radical (unpaired) electrons. The van der Waals surface area contributed by atoms with Crippen molar-refractivity contribution in [3.05, 3.63) is 29.8 Å². The summed E-state index contributed by atoms with van der Waals surface area (Å²) >= 11 is 0. The lowest BCUT2D eigenvalue weighted by Gasteiger charge is -2.39. The third kappa shape index (κ3) is 3.31. The maximum absolute atomic E-state index is 11.0. The zero-order valence-electron chi connectivity index (χ0n) is 12.1. The predicted molar refractivity (Wildman–Crippen MR) is 80.3 cm³/mol. The number of nitrogens with one attached hydrogen (secondary N) is 1. The highest BCUT2D eigenvalue weighted by Gasteiger charge is 2.38. The van der Waals surface area contributed by atoms with Crippen LogP contribution in [-0.4, -0.2) is 23.7 Å². The van der Waals surface area contributed by atoms with Gasteiger partial charge in [0, 0.05) is 12.3 Å². The number of ether oxygens (including phenoxy) is 1. The molecular weight excluding hydrogens is 252 g/mol. The van der Waals surface area contributed by atoms with Crippen LogP contribution < -0.4 is 10.5 Å². The lowest BCUT2D eigenvalue weighted by atomic mass is 9.71. The van der Waals surface area contributed by atoms with E-state index in [4.69, 9.17) is 15.9 Å². The van der Waals surface area contributed by atoms with Crippen LogP contribution in [0.1, 0.15) is 50.0 Å². The zero-order valence-corrected chi connectivity index (χ0v) is 12.1. The van der Waals surface area contributed by atoms with Crippen molar-refractivity contribution in [2.24, 2.45) is 5.73 Å². The highest BCUT2D eigenvalue weighted by Crippen LogP contribution is 2.42. The second-order valence-corrected chi connectivity index (χ2v) is 5.72. The summed E-state index contributed by atoms with van der Waals surface area (Å²) in [4.78, 5) is 0. The lowest BCUT2D eigenvalue weighted by molar-refractivity contribution is -0.0201. The molecule has 1 aliphatic carbocycles. The molecule has 0 bridgehead atoms. The van der Waals surface area contributed by atoms with Gasteiger partial charge in [0.1, 0.15) is 5.75 Å². The molecule has 4 nitrogen and oxygen atoms in total. The number of benzene rings is 1. The minimum atomic E-state index is -0.738. The number of amidine groups is 1. The van der Waals surface area contributed by atoms with Gasteiger partial charge in [0.25, 0.3) is 0 Å². The Morgan fingerprint density at radius 2 is 1.90 bits per heavy atom. The molecule has 1 fully saturated rings. The van der Waals surface area contributed by atoms with Crippen LogP contribution in [0.5, 0.6) is 5.75 Å². The molecule has 0 aromatic heterocycles. The van der Waals surface area contributed by atoms with Crippen LogP contribution in [0.15, 0.2) is 24.3 Å². The van der Waals surface area contributed by atoms with Crippen LogP contribution in [-0.2, 0) is 0 Å². The van der Waals surface area contributed by atoms with Crippen molar-refractivity contribution in [1.82, 2.24) is 0 Å². The molecular formula is C16H24N2O2. The van der Waals surface area contributed by atoms with Crippen LogP contribution in [0, 0.1) is 5.41 Å². The van der Waals surface area contributed by atoms with Gasteiger partial charge in [-0.15, -0.1) is 0 Å². The van der Waals surface area contributed by atoms with Crippen LogP contribution in [0.3, 0.4) is 0 Å². The summed E-state index contributed by atoms with van der Waals surface area (Å²) in [5.41, 5.74) is 5.89. The minimum absolute atomic E-state index is 0.105. The average molecular weight is 276 g/mol. The van der Waals surface area contributed by atoms with E-state index in [2.05, 4.69) is 0 Å². The molecule has 0 amide bonds. The first-order chi connectivity index (χ1) is 9.55. The summed E-state index contributed by atoms with van der Waals surface area (Å²) in [7, 11) is 1.64. The molecule has 1 unspecified atom stereocenters. The van der Waals surface area contributed by atoms with E-state index < -0.39 is 5.60 Å². The fourth-order valence-electron chi connectivity index (χ4n) is 3.19. The molecule has 0 heterocycles. The van der Waals surface area contributed by atoms with Gasteiger partial charge in [-0.2, -0.15) is 0 Å². The molecule has 1 atom stereocenters. The standard InChI is InChI=1S/C16H24N2O2/c1-20-13-7-5-12(6-8-13)14(11-15(17)18)16(19)9-3-2-4-10-16/h5-8,14,19H,2-4,9-11H2,1H3,(H3,17,18). The molecule has 0 spiro atoms. The van der Waals surface area contributed by atoms with Crippen molar-refractivity contribution >= 4 is 5.84 Å². The van der Waals surface area contributed by atoms with Crippen molar-refractivity contribution < 1.29 is 9.84 Å². The van der Waals surface area contributed by atoms with E-state index in [1.165, 1.54) is 6.42 Å². The highest BCUT2D eigenvalue weighted by molar-refractivity contribution is 5.78. The van der Waals surface area contributed by atoms with Gasteiger partial charge in [-0.1, -0.05) is 31.4 Å². The Morgan fingerprint density at radius 1 is 1.30 bits per heavy atom. The minimum Gasteiger partial charge on any atom is -0.497 e. The maximum Gasteiger partial charge on any atom is 0.118 e. The summed E-state index contributed by atoms with van der Waals surface area (Å²) in [6.45, 7) is 0. The summed E-state index contributed by atoms with van der Waals surface area (Å²) in [5.74, 6) is 0.821. The van der Waals surface area contributed by atoms with E-state index >= 15 is 0 Å². The van der Waals surface area contributed by atoms with E-state index in [9.17, 15) is 5.11 Å². The van der Waals surface area contributed by atoms with Gasteiger partial charge in [0.15, 0.2) is 0 Å². The van der Waals surface area contributed by atoms with E-state index in [0.29, 0.717) is 6.42 Å². The second-order valence-electron chi connectivity index (χ2n) is 5.72. The van der Waals surface area contributed by atoms with Gasteiger partial charge >= 0.3 is 0 Å². The first-order valence-corrected chi connectivity index (χ1v) is 7.24. The molecule has 0 saturated heterocycles. The summed E-state index contributed by atoms with van der Waals surface area (Å²) in [6.07, 6.45) is 5.25. The van der Waals surface area contributed by atoms with Crippen LogP contribution in [0.2, 0.25) is 0 Å². The van der Waals surface area contributed by atoms with Gasteiger partial charge in [0.2, 0.25) is 0 Å². The number of aliphatic hydroxyl groups is 1. The summed E-state index contributed by atoms with van der Waals surface area (Å²) in [6, 6.07) is 7.74. The smallest absolute Gasteiger partial charge is 0.118 e. The number of hydrogen-bond acceptors (Lipinski definition) is 3. The lowest BCUT2D eigenvalue weighted by Crippen LogP contribution is -2.40. The number of methoxy groups -OCH3 is 1. The molecule has 1 saturated carbocycles. The predicted octanol–water partition coefficient (Wildman–Crippen LogP) is 2.80. The molecule has 4 heteroatoms. The van der Waals surface area contributed by atoms with Gasteiger partial charge in [-0.25, -0.2) is 0 Å². The topological polar surface area (TPSA) is 79.3 Å². The largest absolute Gasteiger partial charge is 0.497 e. The van der Waals surface area contributed by atoms with Crippen molar-refractivity contribution in [2.75, 3.05) is 7.11 Å². The Morgan fingerprint density at radius 3 is 2.40 bits per heavy atom. The maximum atomic E-state index is 11.0. The van der Waals surface area contributed by atoms with E-state index in [1.54, 1.807) is 7.11 Å². The monoisotopic (exact) mass is 276 g/mol. The second kappa shape index (κ2) is 6.27. The molecule has 110 valence electrons. The van der Waals surface area contributed by atoms with Crippen LogP contribution >= 0.6 is 0 Å². The van der Waals surface area contributed by atoms with Crippen molar-refractivity contribution in [1.29, 1.82) is 5.41 Å². The fraction of sp³-hybridized carbons (Fsp3) is 0.562. The Balaban J connectivity index is 2.27. The van der Waals surface area contributed by atoms with Gasteiger partial charge in [-0.05, 0) is 30.5 Å². The molecule has 1 aromatic rings. The van der Waals surface area contributed by atoms with E-state index in [1.807, 2.05) is 24.3 Å². The summed E-state index contributed by atoms with van der Waals surface area (Å²) < 4.78 is 5.17. The number of hydrogen-bond donors (Lipinski definition) is 3. The molecule has 4 N–H and O–H groups in total. The third-order valence-corrected chi connectivity index (χ3v) is 4.31. The Kier molecular flexibility index (Phi) is 4.65. The molecule has 1 aromatic carbocycles. The number of nitrogens with two attached hydrogens (primary N) is 1. The van der Waals surface area contributed by atoms with Gasteiger partial charge in [-0.3, -0.25) is 5.41 Å². The zero-order chi connectivity index (χ0) is 14.6. The normalized spacial score (nSPS) is 19.3. The fourth-order valence-corrected chi connectivity index (χ4v) is 3.19. The van der Waals surface area contributed by atoms with E-state index in [-0.39, 0.29) is 11.8 Å². The van der Waals surface area contributed by atoms with Crippen molar-refractivity contribution in [3.8, 4) is 5.75 Å². The molecule has 20 heavy (non-hydrogen) atoms. The Hall–Kier alpha value is -1.55. The Labute approximate surface area is 120 Å². The summed E-state index contributed by atoms with van der Waals surface area (Å²) in [5, 5.41) is 18.6. The third-order valence-electron chi connectivity index (χ3n) is 4.31. The highest BCUT2D eigenvalue weighted by atomic mass is 16.5. The average Bonchev–Trinajstić information content (AvgIpc) is 2.45. The first kappa shape index (κ1) is 14.9. The van der Waals surface area contributed by atoms with Crippen molar-refractivity contribution in [3.63, 3.8) is 0 Å². The quantitative estimate of drug-likeness (QED) is 0.571. The van der Waals surface area contributed by atoms with Crippen LogP contribution in [0.25, 0.3) is 0 Å². The van der Waals surface area contributed by atoms with Gasteiger partial charge in [0.05, 0.1) is 18.5 Å². The Bertz CT molecular complexity index is 450. The molecule has 1 aliphatic rings. The van der Waals surface area contributed by atoms with Crippen molar-refractivity contribution in [2.45, 2.75) is 50.0 Å². The van der Waals surface area contributed by atoms with Gasteiger partial charge < -0.3 is 15.6 Å². The molecule has 0 aliphatic heterocycles. The SMILES string of the molecule is COc1ccc(C(CC(=N)N)C2(O)CCCCC2)cc1.